The predicted molar refractivity (Wildman–Crippen MR) is 122 cm³/mol. The minimum atomic E-state index is -0.107. The highest BCUT2D eigenvalue weighted by molar-refractivity contribution is 14.0. The fraction of sp³-hybridized carbons (Fsp3) is 0.350. The number of ether oxygens (including phenoxy) is 2. The van der Waals surface area contributed by atoms with Gasteiger partial charge in [-0.05, 0) is 42.7 Å². The number of rotatable bonds is 5. The number of nitrogens with two attached hydrogens (primary N) is 1. The Morgan fingerprint density at radius 3 is 2.67 bits per heavy atom. The van der Waals surface area contributed by atoms with Crippen LogP contribution in [0.25, 0.3) is 0 Å². The highest BCUT2D eigenvalue weighted by atomic mass is 127. The van der Waals surface area contributed by atoms with E-state index in [1.807, 2.05) is 42.5 Å². The van der Waals surface area contributed by atoms with Crippen LogP contribution in [0, 0.1) is 0 Å². The Kier molecular flexibility index (Phi) is 8.19. The van der Waals surface area contributed by atoms with Crippen molar-refractivity contribution in [2.24, 2.45) is 10.7 Å². The number of nitrogens with zero attached hydrogens (tertiary/aromatic N) is 1. The number of anilines is 1. The summed E-state index contributed by atoms with van der Waals surface area (Å²) in [5, 5.41) is 3.86. The smallest absolute Gasteiger partial charge is 0.193 e. The average molecular weight is 502 g/mol. The second-order valence-electron chi connectivity index (χ2n) is 6.46. The van der Waals surface area contributed by atoms with Crippen LogP contribution in [0.4, 0.5) is 5.69 Å². The van der Waals surface area contributed by atoms with E-state index in [0.717, 1.165) is 29.3 Å². The Balaban J connectivity index is 0.00000261. The zero-order chi connectivity index (χ0) is 18.4. The van der Waals surface area contributed by atoms with Crippen molar-refractivity contribution in [3.8, 4) is 5.75 Å². The molecule has 2 aromatic rings. The molecule has 0 amide bonds. The Hall–Kier alpha value is -1.51. The van der Waals surface area contributed by atoms with Gasteiger partial charge in [0.2, 0.25) is 0 Å². The lowest BCUT2D eigenvalue weighted by atomic mass is 9.74. The monoisotopic (exact) mass is 501 g/mol. The van der Waals surface area contributed by atoms with Crippen LogP contribution < -0.4 is 15.8 Å². The van der Waals surface area contributed by atoms with Crippen LogP contribution in [0.15, 0.2) is 53.5 Å². The maximum Gasteiger partial charge on any atom is 0.193 e. The minimum absolute atomic E-state index is 0. The summed E-state index contributed by atoms with van der Waals surface area (Å²) < 4.78 is 10.8. The molecule has 1 saturated heterocycles. The molecule has 2 aromatic carbocycles. The molecular formula is C20H25ClIN3O2. The maximum atomic E-state index is 6.21. The molecule has 3 N–H and O–H groups in total. The van der Waals surface area contributed by atoms with E-state index in [0.29, 0.717) is 25.7 Å². The molecule has 0 radical (unpaired) electrons. The number of halogens is 2. The van der Waals surface area contributed by atoms with E-state index < -0.39 is 0 Å². The summed E-state index contributed by atoms with van der Waals surface area (Å²) in [5.74, 6) is 1.15. The van der Waals surface area contributed by atoms with Gasteiger partial charge in [0, 0.05) is 35.4 Å². The quantitative estimate of drug-likeness (QED) is 0.361. The number of hydrogen-bond acceptors (Lipinski definition) is 3. The molecule has 3 rings (SSSR count). The number of guanidine groups is 1. The topological polar surface area (TPSA) is 68.9 Å². The first kappa shape index (κ1) is 21.8. The second kappa shape index (κ2) is 10.1. The van der Waals surface area contributed by atoms with Crippen molar-refractivity contribution in [2.75, 3.05) is 32.2 Å². The third-order valence-corrected chi connectivity index (χ3v) is 5.02. The second-order valence-corrected chi connectivity index (χ2v) is 6.90. The van der Waals surface area contributed by atoms with Gasteiger partial charge in [0.25, 0.3) is 0 Å². The van der Waals surface area contributed by atoms with Crippen LogP contribution in [0.2, 0.25) is 5.02 Å². The molecule has 1 aliphatic heterocycles. The Labute approximate surface area is 182 Å². The lowest BCUT2D eigenvalue weighted by Gasteiger charge is -2.36. The zero-order valence-corrected chi connectivity index (χ0v) is 18.4. The first-order valence-electron chi connectivity index (χ1n) is 8.66. The summed E-state index contributed by atoms with van der Waals surface area (Å²) in [4.78, 5) is 4.62. The van der Waals surface area contributed by atoms with Crippen LogP contribution in [0.5, 0.6) is 5.75 Å². The van der Waals surface area contributed by atoms with E-state index in [9.17, 15) is 0 Å². The van der Waals surface area contributed by atoms with E-state index in [1.54, 1.807) is 7.11 Å². The Morgan fingerprint density at radius 2 is 1.96 bits per heavy atom. The molecule has 146 valence electrons. The Bertz CT molecular complexity index is 779. The highest BCUT2D eigenvalue weighted by Gasteiger charge is 2.34. The van der Waals surface area contributed by atoms with Gasteiger partial charge in [0.1, 0.15) is 5.75 Å². The maximum absolute atomic E-state index is 6.21. The van der Waals surface area contributed by atoms with Crippen molar-refractivity contribution >= 4 is 47.2 Å². The molecule has 0 aliphatic carbocycles. The summed E-state index contributed by atoms with van der Waals surface area (Å²) >= 11 is 6.21. The zero-order valence-electron chi connectivity index (χ0n) is 15.3. The number of methoxy groups -OCH3 is 1. The van der Waals surface area contributed by atoms with Gasteiger partial charge in [-0.1, -0.05) is 29.8 Å². The van der Waals surface area contributed by atoms with Crippen LogP contribution in [0.3, 0.4) is 0 Å². The third kappa shape index (κ3) is 5.73. The van der Waals surface area contributed by atoms with Gasteiger partial charge in [-0.25, -0.2) is 0 Å². The number of nitrogens with one attached hydrogen (secondary N) is 1. The molecule has 0 bridgehead atoms. The third-order valence-electron chi connectivity index (χ3n) is 4.78. The summed E-state index contributed by atoms with van der Waals surface area (Å²) in [5.41, 5.74) is 8.04. The van der Waals surface area contributed by atoms with Crippen molar-refractivity contribution in [2.45, 2.75) is 18.3 Å². The average Bonchev–Trinajstić information content (AvgIpc) is 2.67. The lowest BCUT2D eigenvalue weighted by molar-refractivity contribution is 0.0531. The molecule has 5 nitrogen and oxygen atoms in total. The summed E-state index contributed by atoms with van der Waals surface area (Å²) in [6.07, 6.45) is 1.78. The number of aliphatic imine (C=N–C) groups is 1. The highest BCUT2D eigenvalue weighted by Crippen LogP contribution is 2.36. The van der Waals surface area contributed by atoms with Crippen molar-refractivity contribution < 1.29 is 9.47 Å². The van der Waals surface area contributed by atoms with Gasteiger partial charge in [-0.15, -0.1) is 24.0 Å². The van der Waals surface area contributed by atoms with Crippen LogP contribution in [-0.2, 0) is 10.2 Å². The molecule has 1 fully saturated rings. The first-order valence-corrected chi connectivity index (χ1v) is 9.04. The predicted octanol–water partition coefficient (Wildman–Crippen LogP) is 4.44. The van der Waals surface area contributed by atoms with Gasteiger partial charge < -0.3 is 20.5 Å². The van der Waals surface area contributed by atoms with Crippen molar-refractivity contribution in [1.29, 1.82) is 0 Å². The molecule has 0 aromatic heterocycles. The minimum Gasteiger partial charge on any atom is -0.497 e. The largest absolute Gasteiger partial charge is 0.497 e. The molecule has 7 heteroatoms. The fourth-order valence-corrected chi connectivity index (χ4v) is 3.43. The van der Waals surface area contributed by atoms with E-state index in [2.05, 4.69) is 16.4 Å². The molecule has 0 saturated carbocycles. The molecule has 0 atom stereocenters. The van der Waals surface area contributed by atoms with E-state index in [1.165, 1.54) is 5.56 Å². The van der Waals surface area contributed by atoms with E-state index in [-0.39, 0.29) is 29.4 Å². The lowest BCUT2D eigenvalue weighted by Crippen LogP contribution is -2.38. The summed E-state index contributed by atoms with van der Waals surface area (Å²) in [7, 11) is 1.64. The van der Waals surface area contributed by atoms with Crippen molar-refractivity contribution in [1.82, 2.24) is 0 Å². The molecule has 0 unspecified atom stereocenters. The van der Waals surface area contributed by atoms with Gasteiger partial charge >= 0.3 is 0 Å². The molecule has 0 spiro atoms. The van der Waals surface area contributed by atoms with Crippen molar-refractivity contribution in [3.63, 3.8) is 0 Å². The SMILES string of the molecule is COc1cccc(NC(N)=NCC2(c3cccc(Cl)c3)CCOCC2)c1.I. The first-order chi connectivity index (χ1) is 12.6. The summed E-state index contributed by atoms with van der Waals surface area (Å²) in [6.45, 7) is 2.01. The normalized spacial score (nSPS) is 16.3. The molecular weight excluding hydrogens is 477 g/mol. The van der Waals surface area contributed by atoms with Gasteiger partial charge in [0.15, 0.2) is 5.96 Å². The van der Waals surface area contributed by atoms with Crippen LogP contribution in [0.1, 0.15) is 18.4 Å². The van der Waals surface area contributed by atoms with Gasteiger partial charge in [-0.2, -0.15) is 0 Å². The molecule has 27 heavy (non-hydrogen) atoms. The fourth-order valence-electron chi connectivity index (χ4n) is 3.24. The van der Waals surface area contributed by atoms with Gasteiger partial charge in [0.05, 0.1) is 13.7 Å². The van der Waals surface area contributed by atoms with Crippen molar-refractivity contribution in [3.05, 3.63) is 59.1 Å². The van der Waals surface area contributed by atoms with Gasteiger partial charge in [-0.3, -0.25) is 4.99 Å². The summed E-state index contributed by atoms with van der Waals surface area (Å²) in [6, 6.07) is 15.6. The van der Waals surface area contributed by atoms with Crippen LogP contribution >= 0.6 is 35.6 Å². The molecule has 1 heterocycles. The standard InChI is InChI=1S/C20H24ClN3O2.HI/c1-25-18-7-3-6-17(13-18)24-19(22)23-14-20(8-10-26-11-9-20)15-4-2-5-16(21)12-15;/h2-7,12-13H,8-11,14H2,1H3,(H3,22,23,24);1H. The Morgan fingerprint density at radius 1 is 1.22 bits per heavy atom. The van der Waals surface area contributed by atoms with Crippen LogP contribution in [-0.4, -0.2) is 32.8 Å². The number of benzene rings is 2. The van der Waals surface area contributed by atoms with E-state index in [4.69, 9.17) is 26.8 Å². The molecule has 1 aliphatic rings. The van der Waals surface area contributed by atoms with E-state index >= 15 is 0 Å². The number of hydrogen-bond donors (Lipinski definition) is 2.